The fraction of sp³-hybridized carbons (Fsp3) is 0.172. The lowest BCUT2D eigenvalue weighted by Crippen LogP contribution is -2.31. The van der Waals surface area contributed by atoms with Crippen molar-refractivity contribution in [2.75, 3.05) is 19.5 Å². The second-order valence-electron chi connectivity index (χ2n) is 8.48. The highest BCUT2D eigenvalue weighted by Gasteiger charge is 2.28. The van der Waals surface area contributed by atoms with Crippen LogP contribution in [0, 0.1) is 6.92 Å². The second kappa shape index (κ2) is 9.14. The molecule has 0 radical (unpaired) electrons. The summed E-state index contributed by atoms with van der Waals surface area (Å²) in [6.07, 6.45) is 0.665. The van der Waals surface area contributed by atoms with E-state index < -0.39 is 0 Å². The van der Waals surface area contributed by atoms with Crippen LogP contribution >= 0.6 is 0 Å². The van der Waals surface area contributed by atoms with Gasteiger partial charge in [-0.1, -0.05) is 48.5 Å². The fourth-order valence-electron chi connectivity index (χ4n) is 4.85. The molecule has 0 bridgehead atoms. The Labute approximate surface area is 203 Å². The molecular weight excluding hydrogens is 440 g/mol. The first kappa shape index (κ1) is 22.5. The van der Waals surface area contributed by atoms with Crippen LogP contribution in [0.5, 0.6) is 11.5 Å². The molecule has 4 aromatic rings. The van der Waals surface area contributed by atoms with Crippen LogP contribution in [0.2, 0.25) is 0 Å². The topological polar surface area (TPSA) is 69.6 Å². The number of hydrogen-bond acceptors (Lipinski definition) is 4. The lowest BCUT2D eigenvalue weighted by atomic mass is 9.89. The minimum absolute atomic E-state index is 0.228. The van der Waals surface area contributed by atoms with Crippen LogP contribution in [-0.4, -0.2) is 24.7 Å². The molecule has 0 aliphatic carbocycles. The van der Waals surface area contributed by atoms with Gasteiger partial charge in [-0.3, -0.25) is 9.59 Å². The van der Waals surface area contributed by atoms with E-state index in [1.807, 2.05) is 55.5 Å². The van der Waals surface area contributed by atoms with Gasteiger partial charge in [0.1, 0.15) is 5.69 Å². The third kappa shape index (κ3) is 3.87. The summed E-state index contributed by atoms with van der Waals surface area (Å²) in [5.74, 6) is 0.950. The summed E-state index contributed by atoms with van der Waals surface area (Å²) in [5, 5.41) is 2.93. The van der Waals surface area contributed by atoms with Crippen molar-refractivity contribution in [3.8, 4) is 33.9 Å². The number of pyridine rings is 1. The molecule has 6 nitrogen and oxygen atoms in total. The first-order valence-electron chi connectivity index (χ1n) is 11.5. The molecule has 0 saturated carbocycles. The van der Waals surface area contributed by atoms with E-state index in [1.165, 1.54) is 0 Å². The number of nitrogens with zero attached hydrogens (tertiary/aromatic N) is 1. The Morgan fingerprint density at radius 3 is 2.20 bits per heavy atom. The van der Waals surface area contributed by atoms with Crippen molar-refractivity contribution in [3.63, 3.8) is 0 Å². The van der Waals surface area contributed by atoms with Crippen molar-refractivity contribution in [2.45, 2.75) is 19.9 Å². The van der Waals surface area contributed by atoms with E-state index in [1.54, 1.807) is 43.1 Å². The number of nitrogens with one attached hydrogen (secondary N) is 1. The molecule has 3 aromatic carbocycles. The molecule has 0 saturated heterocycles. The average molecular weight is 467 g/mol. The van der Waals surface area contributed by atoms with Crippen molar-refractivity contribution < 1.29 is 14.3 Å². The number of methoxy groups -OCH3 is 2. The number of carbonyl (C=O) groups is 1. The van der Waals surface area contributed by atoms with Crippen molar-refractivity contribution >= 4 is 11.6 Å². The Hall–Kier alpha value is -4.32. The van der Waals surface area contributed by atoms with E-state index in [0.29, 0.717) is 35.6 Å². The molecule has 0 spiro atoms. The predicted molar refractivity (Wildman–Crippen MR) is 138 cm³/mol. The van der Waals surface area contributed by atoms with Gasteiger partial charge in [0, 0.05) is 23.2 Å². The third-order valence-electron chi connectivity index (χ3n) is 6.52. The van der Waals surface area contributed by atoms with Gasteiger partial charge in [-0.05, 0) is 54.3 Å². The number of benzene rings is 3. The van der Waals surface area contributed by atoms with E-state index in [-0.39, 0.29) is 17.2 Å². The quantitative estimate of drug-likeness (QED) is 0.432. The van der Waals surface area contributed by atoms with Crippen LogP contribution in [-0.2, 0) is 13.0 Å². The maximum Gasteiger partial charge on any atom is 0.275 e. The highest BCUT2D eigenvalue weighted by atomic mass is 16.5. The van der Waals surface area contributed by atoms with Crippen molar-refractivity contribution in [2.24, 2.45) is 0 Å². The highest BCUT2D eigenvalue weighted by Crippen LogP contribution is 2.42. The number of rotatable bonds is 5. The molecule has 176 valence electrons. The van der Waals surface area contributed by atoms with Gasteiger partial charge >= 0.3 is 0 Å². The molecule has 6 heteroatoms. The van der Waals surface area contributed by atoms with Crippen molar-refractivity contribution in [3.05, 3.63) is 99.8 Å². The average Bonchev–Trinajstić information content (AvgIpc) is 2.91. The van der Waals surface area contributed by atoms with E-state index in [0.717, 1.165) is 27.9 Å². The number of hydrogen-bond donors (Lipinski definition) is 1. The Balaban J connectivity index is 1.76. The molecule has 1 amide bonds. The summed E-state index contributed by atoms with van der Waals surface area (Å²) in [5.41, 5.74) is 5.89. The summed E-state index contributed by atoms with van der Waals surface area (Å²) in [6, 6.07) is 22.5. The molecule has 2 heterocycles. The van der Waals surface area contributed by atoms with Crippen LogP contribution in [0.25, 0.3) is 22.4 Å². The maximum absolute atomic E-state index is 13.9. The second-order valence-corrected chi connectivity index (χ2v) is 8.48. The number of carbonyl (C=O) groups excluding carboxylic acids is 1. The largest absolute Gasteiger partial charge is 0.493 e. The van der Waals surface area contributed by atoms with Gasteiger partial charge in [-0.15, -0.1) is 0 Å². The highest BCUT2D eigenvalue weighted by molar-refractivity contribution is 6.06. The molecular formula is C29H26N2O4. The molecule has 1 aromatic heterocycles. The summed E-state index contributed by atoms with van der Waals surface area (Å²) < 4.78 is 12.8. The van der Waals surface area contributed by atoms with E-state index in [4.69, 9.17) is 9.47 Å². The van der Waals surface area contributed by atoms with Crippen LogP contribution in [0.1, 0.15) is 21.5 Å². The maximum atomic E-state index is 13.9. The summed E-state index contributed by atoms with van der Waals surface area (Å²) >= 11 is 0. The lowest BCUT2D eigenvalue weighted by molar-refractivity contribution is 0.102. The first-order chi connectivity index (χ1) is 17.0. The number of aryl methyl sites for hydroxylation is 1. The number of aromatic nitrogens is 1. The Bertz CT molecular complexity index is 1470. The SMILES string of the molecule is COc1cc2c(cc1OC)-c1c(C)c(-c3ccccc3)c(NC(=O)c3ccccc3)c(=O)n1CC2. The van der Waals surface area contributed by atoms with Crippen LogP contribution in [0.15, 0.2) is 77.6 Å². The summed E-state index contributed by atoms with van der Waals surface area (Å²) in [7, 11) is 3.22. The Morgan fingerprint density at radius 1 is 0.914 bits per heavy atom. The zero-order chi connectivity index (χ0) is 24.5. The fourth-order valence-corrected chi connectivity index (χ4v) is 4.85. The van der Waals surface area contributed by atoms with Gasteiger partial charge in [0.2, 0.25) is 0 Å². The number of amides is 1. The zero-order valence-electron chi connectivity index (χ0n) is 19.9. The molecule has 1 N–H and O–H groups in total. The van der Waals surface area contributed by atoms with Crippen LogP contribution in [0.3, 0.4) is 0 Å². The van der Waals surface area contributed by atoms with Gasteiger partial charge in [-0.2, -0.15) is 0 Å². The number of anilines is 1. The van der Waals surface area contributed by atoms with E-state index in [9.17, 15) is 9.59 Å². The van der Waals surface area contributed by atoms with Crippen LogP contribution in [0.4, 0.5) is 5.69 Å². The molecule has 5 rings (SSSR count). The van der Waals surface area contributed by atoms with Crippen molar-refractivity contribution in [1.29, 1.82) is 0 Å². The first-order valence-corrected chi connectivity index (χ1v) is 11.5. The molecule has 0 atom stereocenters. The van der Waals surface area contributed by atoms with Gasteiger partial charge in [0.15, 0.2) is 11.5 Å². The smallest absolute Gasteiger partial charge is 0.275 e. The predicted octanol–water partition coefficient (Wildman–Crippen LogP) is 5.32. The van der Waals surface area contributed by atoms with E-state index in [2.05, 4.69) is 5.32 Å². The minimum Gasteiger partial charge on any atom is -0.493 e. The molecule has 1 aliphatic heterocycles. The zero-order valence-corrected chi connectivity index (χ0v) is 19.9. The molecule has 0 fully saturated rings. The van der Waals surface area contributed by atoms with E-state index >= 15 is 0 Å². The molecule has 35 heavy (non-hydrogen) atoms. The standard InChI is InChI=1S/C29H26N2O4/c1-18-25(19-10-6-4-7-11-19)26(30-28(32)20-12-8-5-9-13-20)29(33)31-15-14-21-16-23(34-2)24(35-3)17-22(21)27(18)31/h4-13,16-17H,14-15H2,1-3H3,(H,30,32). The van der Waals surface area contributed by atoms with Gasteiger partial charge in [0.25, 0.3) is 11.5 Å². The van der Waals surface area contributed by atoms with Crippen molar-refractivity contribution in [1.82, 2.24) is 4.57 Å². The Morgan fingerprint density at radius 2 is 1.54 bits per heavy atom. The summed E-state index contributed by atoms with van der Waals surface area (Å²) in [6.45, 7) is 2.50. The minimum atomic E-state index is -0.317. The van der Waals surface area contributed by atoms with Gasteiger partial charge in [0.05, 0.1) is 19.9 Å². The summed E-state index contributed by atoms with van der Waals surface area (Å²) in [4.78, 5) is 27.0. The molecule has 1 aliphatic rings. The van der Waals surface area contributed by atoms with Crippen LogP contribution < -0.4 is 20.3 Å². The molecule has 0 unspecified atom stereocenters. The number of ether oxygens (including phenoxy) is 2. The normalized spacial score (nSPS) is 11.9. The monoisotopic (exact) mass is 466 g/mol. The number of fused-ring (bicyclic) bond motifs is 3. The third-order valence-corrected chi connectivity index (χ3v) is 6.52. The lowest BCUT2D eigenvalue weighted by Gasteiger charge is -2.28. The van der Waals surface area contributed by atoms with Gasteiger partial charge < -0.3 is 19.4 Å². The Kier molecular flexibility index (Phi) is 5.87. The van der Waals surface area contributed by atoms with Gasteiger partial charge in [-0.25, -0.2) is 0 Å².